The molecule has 3 N–H and O–H groups in total. The highest BCUT2D eigenvalue weighted by molar-refractivity contribution is 7.47. The van der Waals surface area contributed by atoms with Crippen molar-refractivity contribution in [3.63, 3.8) is 0 Å². The molecule has 84 heavy (non-hydrogen) atoms. The molecule has 0 aromatic heterocycles. The van der Waals surface area contributed by atoms with Gasteiger partial charge in [0, 0.05) is 25.7 Å². The number of hydrogen-bond donors (Lipinski definition) is 3. The smallest absolute Gasteiger partial charge is 0.462 e. The van der Waals surface area contributed by atoms with Crippen LogP contribution in [0.5, 0.6) is 0 Å². The van der Waals surface area contributed by atoms with E-state index in [0.717, 1.165) is 114 Å². The summed E-state index contributed by atoms with van der Waals surface area (Å²) >= 11 is 0. The largest absolute Gasteiger partial charge is 0.472 e. The molecule has 5 atom stereocenters. The first-order valence-electron chi connectivity index (χ1n) is 33.7. The molecule has 0 fully saturated rings. The summed E-state index contributed by atoms with van der Waals surface area (Å²) in [7, 11) is -9.89. The van der Waals surface area contributed by atoms with Crippen molar-refractivity contribution in [1.82, 2.24) is 0 Å². The van der Waals surface area contributed by atoms with Crippen LogP contribution in [0, 0.1) is 23.7 Å². The minimum Gasteiger partial charge on any atom is -0.462 e. The predicted molar refractivity (Wildman–Crippen MR) is 335 cm³/mol. The maximum atomic E-state index is 13.0. The number of phosphoric acid groups is 2. The first-order valence-corrected chi connectivity index (χ1v) is 36.7. The van der Waals surface area contributed by atoms with Crippen LogP contribution in [-0.2, 0) is 65.4 Å². The van der Waals surface area contributed by atoms with Crippen molar-refractivity contribution in [2.45, 2.75) is 331 Å². The quantitative estimate of drug-likeness (QED) is 0.0222. The SMILES string of the molecule is CC(C)CCCCCCCCCCCCC(=O)O[C@H](COC(=O)CCCCCCCCC(C)C)COP(=O)(O)OCC(O)COP(=O)(O)OC[C@@H](COC(=O)CCCCCCCCCCC(C)C)OC(=O)CCCCCCCCCCC(C)C. The van der Waals surface area contributed by atoms with Gasteiger partial charge >= 0.3 is 39.5 Å². The molecule has 0 aromatic carbocycles. The third kappa shape index (κ3) is 59.0. The Kier molecular flexibility index (Phi) is 53.9. The fraction of sp³-hybridized carbons (Fsp3) is 0.938. The van der Waals surface area contributed by atoms with Crippen LogP contribution in [0.15, 0.2) is 0 Å². The Hall–Kier alpha value is -1.94. The minimum absolute atomic E-state index is 0.103. The molecule has 0 bridgehead atoms. The maximum Gasteiger partial charge on any atom is 0.472 e. The van der Waals surface area contributed by atoms with E-state index < -0.39 is 97.5 Å². The van der Waals surface area contributed by atoms with Crippen LogP contribution >= 0.6 is 15.6 Å². The summed E-state index contributed by atoms with van der Waals surface area (Å²) in [6, 6.07) is 0. The number of carbonyl (C=O) groups excluding carboxylic acids is 4. The molecule has 0 heterocycles. The number of hydrogen-bond acceptors (Lipinski definition) is 15. The van der Waals surface area contributed by atoms with Gasteiger partial charge in [0.15, 0.2) is 12.2 Å². The highest BCUT2D eigenvalue weighted by Gasteiger charge is 2.30. The lowest BCUT2D eigenvalue weighted by Crippen LogP contribution is -2.30. The second-order valence-electron chi connectivity index (χ2n) is 25.4. The molecule has 0 saturated carbocycles. The van der Waals surface area contributed by atoms with E-state index in [-0.39, 0.29) is 25.7 Å². The molecule has 0 aliphatic rings. The molecular weight excluding hydrogens is 1110 g/mol. The Morgan fingerprint density at radius 1 is 0.298 bits per heavy atom. The van der Waals surface area contributed by atoms with Crippen molar-refractivity contribution in [3.05, 3.63) is 0 Å². The van der Waals surface area contributed by atoms with E-state index in [1.165, 1.54) is 109 Å². The van der Waals surface area contributed by atoms with Crippen LogP contribution in [0.4, 0.5) is 0 Å². The highest BCUT2D eigenvalue weighted by atomic mass is 31.2. The molecule has 17 nitrogen and oxygen atoms in total. The summed E-state index contributed by atoms with van der Waals surface area (Å²) in [5.74, 6) is 0.736. The van der Waals surface area contributed by atoms with E-state index in [2.05, 4.69) is 55.4 Å². The van der Waals surface area contributed by atoms with Gasteiger partial charge in [-0.25, -0.2) is 9.13 Å². The van der Waals surface area contributed by atoms with Gasteiger partial charge in [0.2, 0.25) is 0 Å². The number of aliphatic hydroxyl groups excluding tert-OH is 1. The second kappa shape index (κ2) is 55.2. The van der Waals surface area contributed by atoms with Crippen molar-refractivity contribution in [2.75, 3.05) is 39.6 Å². The van der Waals surface area contributed by atoms with Crippen LogP contribution in [0.1, 0.15) is 312 Å². The first kappa shape index (κ1) is 82.1. The Labute approximate surface area is 511 Å². The number of phosphoric ester groups is 2. The molecule has 0 saturated heterocycles. The van der Waals surface area contributed by atoms with Crippen molar-refractivity contribution >= 4 is 39.5 Å². The Bertz CT molecular complexity index is 1680. The number of aliphatic hydroxyl groups is 1. The highest BCUT2D eigenvalue weighted by Crippen LogP contribution is 2.45. The van der Waals surface area contributed by atoms with Gasteiger partial charge in [-0.15, -0.1) is 0 Å². The summed E-state index contributed by atoms with van der Waals surface area (Å²) < 4.78 is 68.0. The average molecular weight is 1240 g/mol. The van der Waals surface area contributed by atoms with E-state index in [1.54, 1.807) is 0 Å². The minimum atomic E-state index is -4.95. The van der Waals surface area contributed by atoms with Gasteiger partial charge in [0.25, 0.3) is 0 Å². The molecule has 3 unspecified atom stereocenters. The van der Waals surface area contributed by atoms with Gasteiger partial charge in [-0.2, -0.15) is 0 Å². The molecule has 0 aliphatic heterocycles. The maximum absolute atomic E-state index is 13.0. The number of esters is 4. The standard InChI is InChI=1S/C65H126O17P2/c1-55(2)41-33-25-17-11-9-10-12-21-31-39-47-64(69)81-61(52-76-63(68)46-38-30-24-23-28-36-44-58(7)8)54-80-84(73,74)78-50-59(66)49-77-83(71,72)79-53-60(82-65(70)48-40-32-22-16-14-19-27-35-43-57(5)6)51-75-62(67)45-37-29-20-15-13-18-26-34-42-56(3)4/h55-61,66H,9-54H2,1-8H3,(H,71,72)(H,73,74)/t59?,60-,61-/m1/s1. The second-order valence-corrected chi connectivity index (χ2v) is 28.3. The fourth-order valence-electron chi connectivity index (χ4n) is 9.61. The van der Waals surface area contributed by atoms with Crippen LogP contribution < -0.4 is 0 Å². The first-order chi connectivity index (χ1) is 40.1. The number of carbonyl (C=O) groups is 4. The lowest BCUT2D eigenvalue weighted by Gasteiger charge is -2.21. The monoisotopic (exact) mass is 1240 g/mol. The molecule has 0 spiro atoms. The van der Waals surface area contributed by atoms with Crippen LogP contribution in [0.3, 0.4) is 0 Å². The van der Waals surface area contributed by atoms with E-state index in [4.69, 9.17) is 37.0 Å². The topological polar surface area (TPSA) is 237 Å². The van der Waals surface area contributed by atoms with Crippen molar-refractivity contribution < 1.29 is 80.2 Å². The molecule has 19 heteroatoms. The Morgan fingerprint density at radius 2 is 0.500 bits per heavy atom. The van der Waals surface area contributed by atoms with Gasteiger partial charge in [-0.1, -0.05) is 261 Å². The van der Waals surface area contributed by atoms with Crippen molar-refractivity contribution in [3.8, 4) is 0 Å². The molecule has 0 rings (SSSR count). The van der Waals surface area contributed by atoms with Gasteiger partial charge in [0.1, 0.15) is 19.3 Å². The molecule has 0 radical (unpaired) electrons. The van der Waals surface area contributed by atoms with Crippen LogP contribution in [0.2, 0.25) is 0 Å². The van der Waals surface area contributed by atoms with Gasteiger partial charge in [0.05, 0.1) is 26.4 Å². The average Bonchev–Trinajstić information content (AvgIpc) is 3.52. The molecular formula is C65H126O17P2. The summed E-state index contributed by atoms with van der Waals surface area (Å²) in [6.45, 7) is 13.9. The van der Waals surface area contributed by atoms with Crippen molar-refractivity contribution in [2.24, 2.45) is 23.7 Å². The number of unbranched alkanes of at least 4 members (excludes halogenated alkanes) is 28. The number of rotatable bonds is 62. The summed E-state index contributed by atoms with van der Waals surface area (Å²) in [5.41, 5.74) is 0. The van der Waals surface area contributed by atoms with E-state index >= 15 is 0 Å². The van der Waals surface area contributed by atoms with E-state index in [0.29, 0.717) is 31.6 Å². The molecule has 0 amide bonds. The van der Waals surface area contributed by atoms with Gasteiger partial charge < -0.3 is 33.8 Å². The van der Waals surface area contributed by atoms with Crippen LogP contribution in [0.25, 0.3) is 0 Å². The third-order valence-electron chi connectivity index (χ3n) is 14.8. The summed E-state index contributed by atoms with van der Waals surface area (Å²) in [6.07, 6.45) is 35.0. The summed E-state index contributed by atoms with van der Waals surface area (Å²) in [5, 5.41) is 10.5. The van der Waals surface area contributed by atoms with Crippen LogP contribution in [-0.4, -0.2) is 96.7 Å². The molecule has 498 valence electrons. The normalized spacial score (nSPS) is 14.4. The lowest BCUT2D eigenvalue weighted by atomic mass is 10.0. The zero-order valence-electron chi connectivity index (χ0n) is 54.5. The van der Waals surface area contributed by atoms with Gasteiger partial charge in [-0.05, 0) is 49.4 Å². The summed E-state index contributed by atoms with van der Waals surface area (Å²) in [4.78, 5) is 72.2. The Balaban J connectivity index is 5.25. The van der Waals surface area contributed by atoms with E-state index in [1.807, 2.05) is 0 Å². The lowest BCUT2D eigenvalue weighted by molar-refractivity contribution is -0.161. The third-order valence-corrected chi connectivity index (χ3v) is 16.7. The molecule has 0 aromatic rings. The molecule has 0 aliphatic carbocycles. The van der Waals surface area contributed by atoms with Gasteiger partial charge in [-0.3, -0.25) is 37.3 Å². The predicted octanol–water partition coefficient (Wildman–Crippen LogP) is 17.8. The number of ether oxygens (including phenoxy) is 4. The Morgan fingerprint density at radius 3 is 0.738 bits per heavy atom. The van der Waals surface area contributed by atoms with E-state index in [9.17, 15) is 43.2 Å². The fourth-order valence-corrected chi connectivity index (χ4v) is 11.2. The zero-order chi connectivity index (χ0) is 62.5. The zero-order valence-corrected chi connectivity index (χ0v) is 56.3. The van der Waals surface area contributed by atoms with Crippen molar-refractivity contribution in [1.29, 1.82) is 0 Å².